The van der Waals surface area contributed by atoms with E-state index in [1.165, 1.54) is 12.0 Å². The van der Waals surface area contributed by atoms with Crippen LogP contribution in [0.1, 0.15) is 18.9 Å². The Morgan fingerprint density at radius 3 is 2.71 bits per heavy atom. The maximum atomic E-state index is 3.61. The van der Waals surface area contributed by atoms with Crippen LogP contribution in [0.4, 0.5) is 0 Å². The van der Waals surface area contributed by atoms with Crippen molar-refractivity contribution in [2.75, 3.05) is 19.6 Å². The van der Waals surface area contributed by atoms with Gasteiger partial charge in [-0.3, -0.25) is 0 Å². The topological polar surface area (TPSA) is 24.1 Å². The van der Waals surface area contributed by atoms with Crippen molar-refractivity contribution in [3.8, 4) is 0 Å². The number of hydrogen-bond acceptors (Lipinski definition) is 2. The Hall–Kier alpha value is -0.860. The monoisotopic (exact) mass is 190 g/mol. The van der Waals surface area contributed by atoms with Crippen LogP contribution in [0, 0.1) is 0 Å². The average Bonchev–Trinajstić information content (AvgIpc) is 2.46. The minimum Gasteiger partial charge on any atom is -0.315 e. The Morgan fingerprint density at radius 1 is 1.14 bits per heavy atom. The van der Waals surface area contributed by atoms with Gasteiger partial charge in [0, 0.05) is 6.54 Å². The molecule has 1 aromatic rings. The Kier molecular flexibility index (Phi) is 2.85. The van der Waals surface area contributed by atoms with Gasteiger partial charge < -0.3 is 10.6 Å². The molecule has 2 nitrogen and oxygen atoms in total. The molecular formula is C12H18N2. The van der Waals surface area contributed by atoms with Gasteiger partial charge in [0.1, 0.15) is 0 Å². The van der Waals surface area contributed by atoms with Gasteiger partial charge >= 0.3 is 0 Å². The fraction of sp³-hybridized carbons (Fsp3) is 0.500. The van der Waals surface area contributed by atoms with E-state index in [2.05, 4.69) is 47.9 Å². The van der Waals surface area contributed by atoms with Gasteiger partial charge in [-0.15, -0.1) is 0 Å². The molecule has 0 amide bonds. The van der Waals surface area contributed by atoms with Gasteiger partial charge in [-0.1, -0.05) is 30.3 Å². The Labute approximate surface area is 85.7 Å². The van der Waals surface area contributed by atoms with Crippen molar-refractivity contribution in [2.24, 2.45) is 0 Å². The van der Waals surface area contributed by atoms with Crippen LogP contribution in [0.15, 0.2) is 30.3 Å². The summed E-state index contributed by atoms with van der Waals surface area (Å²) in [5.41, 5.74) is 1.46. The standard InChI is InChI=1S/C12H18N2/c1-12(10-13-8-5-9-14-12)11-6-3-2-4-7-11/h2-4,6-7,13-14H,5,8-10H2,1H3. The van der Waals surface area contributed by atoms with E-state index >= 15 is 0 Å². The van der Waals surface area contributed by atoms with E-state index in [4.69, 9.17) is 0 Å². The first-order valence-electron chi connectivity index (χ1n) is 5.32. The number of benzene rings is 1. The number of rotatable bonds is 1. The van der Waals surface area contributed by atoms with Crippen LogP contribution < -0.4 is 10.6 Å². The quantitative estimate of drug-likeness (QED) is 0.701. The largest absolute Gasteiger partial charge is 0.315 e. The third-order valence-electron chi connectivity index (χ3n) is 2.93. The zero-order chi connectivity index (χ0) is 9.86. The summed E-state index contributed by atoms with van der Waals surface area (Å²) >= 11 is 0. The zero-order valence-electron chi connectivity index (χ0n) is 8.72. The van der Waals surface area contributed by atoms with Gasteiger partial charge in [-0.2, -0.15) is 0 Å². The highest BCUT2D eigenvalue weighted by atomic mass is 15.1. The van der Waals surface area contributed by atoms with Crippen LogP contribution in [-0.4, -0.2) is 19.6 Å². The van der Waals surface area contributed by atoms with Crippen LogP contribution in [0.5, 0.6) is 0 Å². The molecule has 1 atom stereocenters. The van der Waals surface area contributed by atoms with Gasteiger partial charge in [0.05, 0.1) is 5.54 Å². The molecule has 1 fully saturated rings. The van der Waals surface area contributed by atoms with E-state index in [9.17, 15) is 0 Å². The second-order valence-electron chi connectivity index (χ2n) is 4.16. The van der Waals surface area contributed by atoms with Crippen molar-refractivity contribution in [1.29, 1.82) is 0 Å². The molecule has 2 N–H and O–H groups in total. The molecule has 1 heterocycles. The lowest BCUT2D eigenvalue weighted by Crippen LogP contribution is -2.45. The van der Waals surface area contributed by atoms with E-state index in [1.807, 2.05) is 0 Å². The number of hydrogen-bond donors (Lipinski definition) is 2. The minimum atomic E-state index is 0.0950. The van der Waals surface area contributed by atoms with Crippen LogP contribution in [-0.2, 0) is 5.54 Å². The molecule has 2 rings (SSSR count). The smallest absolute Gasteiger partial charge is 0.0532 e. The molecule has 0 aliphatic carbocycles. The van der Waals surface area contributed by atoms with Crippen molar-refractivity contribution in [3.05, 3.63) is 35.9 Å². The van der Waals surface area contributed by atoms with Crippen LogP contribution >= 0.6 is 0 Å². The van der Waals surface area contributed by atoms with Gasteiger partial charge in [0.25, 0.3) is 0 Å². The van der Waals surface area contributed by atoms with Crippen molar-refractivity contribution >= 4 is 0 Å². The molecule has 1 aliphatic heterocycles. The van der Waals surface area contributed by atoms with Gasteiger partial charge in [0.2, 0.25) is 0 Å². The lowest BCUT2D eigenvalue weighted by atomic mass is 9.92. The van der Waals surface area contributed by atoms with Gasteiger partial charge in [-0.25, -0.2) is 0 Å². The van der Waals surface area contributed by atoms with Gasteiger partial charge in [-0.05, 0) is 32.0 Å². The van der Waals surface area contributed by atoms with Gasteiger partial charge in [0.15, 0.2) is 0 Å². The first-order valence-corrected chi connectivity index (χ1v) is 5.32. The van der Waals surface area contributed by atoms with Crippen molar-refractivity contribution in [2.45, 2.75) is 18.9 Å². The van der Waals surface area contributed by atoms with E-state index < -0.39 is 0 Å². The van der Waals surface area contributed by atoms with E-state index in [0.29, 0.717) is 0 Å². The maximum Gasteiger partial charge on any atom is 0.0532 e. The summed E-state index contributed by atoms with van der Waals surface area (Å²) in [7, 11) is 0. The average molecular weight is 190 g/mol. The number of nitrogens with one attached hydrogen (secondary N) is 2. The third kappa shape index (κ3) is 1.97. The van der Waals surface area contributed by atoms with E-state index in [1.54, 1.807) is 0 Å². The highest BCUT2D eigenvalue weighted by Crippen LogP contribution is 2.20. The molecule has 0 radical (unpaired) electrons. The molecule has 0 bridgehead atoms. The SMILES string of the molecule is CC1(c2ccccc2)CNCCCN1. The molecule has 76 valence electrons. The summed E-state index contributed by atoms with van der Waals surface area (Å²) in [5.74, 6) is 0. The lowest BCUT2D eigenvalue weighted by Gasteiger charge is -2.29. The molecular weight excluding hydrogens is 172 g/mol. The predicted molar refractivity (Wildman–Crippen MR) is 59.3 cm³/mol. The summed E-state index contributed by atoms with van der Waals surface area (Å²) in [6.45, 7) is 5.49. The Balaban J connectivity index is 2.21. The summed E-state index contributed by atoms with van der Waals surface area (Å²) in [6, 6.07) is 10.7. The lowest BCUT2D eigenvalue weighted by molar-refractivity contribution is 0.379. The Morgan fingerprint density at radius 2 is 1.93 bits per heavy atom. The molecule has 14 heavy (non-hydrogen) atoms. The molecule has 0 saturated carbocycles. The first kappa shape index (κ1) is 9.69. The fourth-order valence-electron chi connectivity index (χ4n) is 1.99. The predicted octanol–water partition coefficient (Wildman–Crippen LogP) is 1.48. The van der Waals surface area contributed by atoms with Crippen LogP contribution in [0.3, 0.4) is 0 Å². The minimum absolute atomic E-state index is 0.0950. The van der Waals surface area contributed by atoms with Crippen LogP contribution in [0.2, 0.25) is 0 Å². The third-order valence-corrected chi connectivity index (χ3v) is 2.93. The summed E-state index contributed by atoms with van der Waals surface area (Å²) < 4.78 is 0. The normalized spacial score (nSPS) is 28.4. The first-order chi connectivity index (χ1) is 6.81. The molecule has 1 saturated heterocycles. The van der Waals surface area contributed by atoms with Crippen molar-refractivity contribution < 1.29 is 0 Å². The molecule has 0 spiro atoms. The van der Waals surface area contributed by atoms with Crippen molar-refractivity contribution in [1.82, 2.24) is 10.6 Å². The zero-order valence-corrected chi connectivity index (χ0v) is 8.72. The Bertz CT molecular complexity index is 274. The second-order valence-corrected chi connectivity index (χ2v) is 4.16. The second kappa shape index (κ2) is 4.11. The molecule has 0 aromatic heterocycles. The molecule has 1 aliphatic rings. The fourth-order valence-corrected chi connectivity index (χ4v) is 1.99. The highest BCUT2D eigenvalue weighted by molar-refractivity contribution is 5.24. The van der Waals surface area contributed by atoms with Crippen molar-refractivity contribution in [3.63, 3.8) is 0 Å². The summed E-state index contributed by atoms with van der Waals surface area (Å²) in [6.07, 6.45) is 1.21. The van der Waals surface area contributed by atoms with E-state index in [0.717, 1.165) is 19.6 Å². The maximum absolute atomic E-state index is 3.61. The summed E-state index contributed by atoms with van der Waals surface area (Å²) in [4.78, 5) is 0. The van der Waals surface area contributed by atoms with E-state index in [-0.39, 0.29) is 5.54 Å². The van der Waals surface area contributed by atoms with Crippen LogP contribution in [0.25, 0.3) is 0 Å². The molecule has 2 heteroatoms. The highest BCUT2D eigenvalue weighted by Gasteiger charge is 2.26. The molecule has 1 unspecified atom stereocenters. The molecule has 1 aromatic carbocycles. The summed E-state index contributed by atoms with van der Waals surface area (Å²) in [5, 5.41) is 7.09.